The average molecular weight is 318 g/mol. The van der Waals surface area contributed by atoms with Crippen molar-refractivity contribution < 1.29 is 9.50 Å². The summed E-state index contributed by atoms with van der Waals surface area (Å²) in [5, 5.41) is 9.35. The zero-order valence-electron chi connectivity index (χ0n) is 13.4. The van der Waals surface area contributed by atoms with Crippen LogP contribution in [0.5, 0.6) is 5.75 Å². The van der Waals surface area contributed by atoms with Gasteiger partial charge >= 0.3 is 0 Å². The summed E-state index contributed by atoms with van der Waals surface area (Å²) < 4.78 is 14.5. The Hall–Kier alpha value is -2.87. The van der Waals surface area contributed by atoms with E-state index in [0.29, 0.717) is 5.56 Å². The Morgan fingerprint density at radius 2 is 1.46 bits per heavy atom. The molecular formula is C22H19FO. The number of phenols is 1. The van der Waals surface area contributed by atoms with Crippen molar-refractivity contribution >= 4 is 0 Å². The Balaban J connectivity index is 1.87. The van der Waals surface area contributed by atoms with Gasteiger partial charge in [-0.05, 0) is 53.3 Å². The summed E-state index contributed by atoms with van der Waals surface area (Å²) in [4.78, 5) is 0. The normalized spacial score (nSPS) is 10.5. The van der Waals surface area contributed by atoms with E-state index in [1.54, 1.807) is 30.3 Å². The molecule has 0 aliphatic carbocycles. The molecule has 0 heterocycles. The molecule has 3 rings (SSSR count). The molecule has 3 aromatic rings. The molecule has 0 unspecified atom stereocenters. The maximum absolute atomic E-state index is 14.5. The monoisotopic (exact) mass is 318 g/mol. The first-order valence-corrected chi connectivity index (χ1v) is 7.96. The van der Waals surface area contributed by atoms with Gasteiger partial charge in [0.1, 0.15) is 11.6 Å². The van der Waals surface area contributed by atoms with Crippen LogP contribution in [-0.4, -0.2) is 5.11 Å². The Morgan fingerprint density at radius 3 is 2.08 bits per heavy atom. The van der Waals surface area contributed by atoms with Crippen LogP contribution in [0.1, 0.15) is 12.0 Å². The number of allylic oxidation sites excluding steroid dienone is 1. The molecule has 3 aromatic carbocycles. The van der Waals surface area contributed by atoms with E-state index < -0.39 is 0 Å². The van der Waals surface area contributed by atoms with Crippen molar-refractivity contribution in [2.24, 2.45) is 0 Å². The van der Waals surface area contributed by atoms with Crippen LogP contribution in [0.3, 0.4) is 0 Å². The van der Waals surface area contributed by atoms with Crippen LogP contribution in [0, 0.1) is 5.82 Å². The fourth-order valence-electron chi connectivity index (χ4n) is 2.70. The van der Waals surface area contributed by atoms with Gasteiger partial charge in [0.25, 0.3) is 0 Å². The number of aromatic hydroxyl groups is 1. The Bertz CT molecular complexity index is 833. The van der Waals surface area contributed by atoms with Gasteiger partial charge in [0.05, 0.1) is 0 Å². The summed E-state index contributed by atoms with van der Waals surface area (Å²) in [5.74, 6) is -0.0493. The van der Waals surface area contributed by atoms with Gasteiger partial charge in [-0.2, -0.15) is 0 Å². The Morgan fingerprint density at radius 1 is 0.833 bits per heavy atom. The smallest absolute Gasteiger partial charge is 0.131 e. The van der Waals surface area contributed by atoms with E-state index in [1.165, 1.54) is 11.6 Å². The molecule has 0 aromatic heterocycles. The van der Waals surface area contributed by atoms with Crippen LogP contribution in [0.25, 0.3) is 22.3 Å². The number of halogens is 1. The minimum atomic E-state index is -0.251. The molecule has 0 atom stereocenters. The largest absolute Gasteiger partial charge is 0.508 e. The number of benzene rings is 3. The third kappa shape index (κ3) is 3.54. The van der Waals surface area contributed by atoms with Gasteiger partial charge in [-0.3, -0.25) is 0 Å². The van der Waals surface area contributed by atoms with Crippen molar-refractivity contribution in [2.75, 3.05) is 0 Å². The lowest BCUT2D eigenvalue weighted by Gasteiger charge is -2.08. The summed E-state index contributed by atoms with van der Waals surface area (Å²) in [5.41, 5.74) is 4.34. The van der Waals surface area contributed by atoms with Crippen LogP contribution in [0.15, 0.2) is 79.4 Å². The second-order valence-corrected chi connectivity index (χ2v) is 5.77. The number of hydrogen-bond acceptors (Lipinski definition) is 1. The molecule has 0 aliphatic rings. The van der Waals surface area contributed by atoms with Gasteiger partial charge in [-0.1, -0.05) is 54.6 Å². The SMILES string of the molecule is C=CCCc1ccc(-c2ccc(-c3ccc(O)cc3)cc2F)cc1. The lowest BCUT2D eigenvalue weighted by atomic mass is 9.98. The molecule has 0 aliphatic heterocycles. The van der Waals surface area contributed by atoms with Crippen molar-refractivity contribution in [1.29, 1.82) is 0 Å². The highest BCUT2D eigenvalue weighted by atomic mass is 19.1. The molecule has 0 fully saturated rings. The van der Waals surface area contributed by atoms with Gasteiger partial charge in [-0.25, -0.2) is 4.39 Å². The van der Waals surface area contributed by atoms with E-state index in [9.17, 15) is 9.50 Å². The molecule has 2 heteroatoms. The predicted molar refractivity (Wildman–Crippen MR) is 97.5 cm³/mol. The highest BCUT2D eigenvalue weighted by Crippen LogP contribution is 2.29. The molecule has 0 saturated heterocycles. The van der Waals surface area contributed by atoms with Crippen LogP contribution >= 0.6 is 0 Å². The van der Waals surface area contributed by atoms with E-state index in [-0.39, 0.29) is 11.6 Å². The van der Waals surface area contributed by atoms with Crippen molar-refractivity contribution in [3.8, 4) is 28.0 Å². The molecule has 24 heavy (non-hydrogen) atoms. The minimum absolute atomic E-state index is 0.201. The first-order valence-electron chi connectivity index (χ1n) is 7.96. The van der Waals surface area contributed by atoms with Gasteiger partial charge in [0, 0.05) is 5.56 Å². The van der Waals surface area contributed by atoms with Crippen LogP contribution in [-0.2, 0) is 6.42 Å². The number of rotatable bonds is 5. The third-order valence-electron chi connectivity index (χ3n) is 4.07. The van der Waals surface area contributed by atoms with Gasteiger partial charge in [-0.15, -0.1) is 6.58 Å². The quantitative estimate of drug-likeness (QED) is 0.573. The van der Waals surface area contributed by atoms with Crippen LogP contribution < -0.4 is 0 Å². The van der Waals surface area contributed by atoms with E-state index in [1.807, 2.05) is 36.4 Å². The molecule has 0 saturated carbocycles. The Kier molecular flexibility index (Phi) is 4.76. The topological polar surface area (TPSA) is 20.2 Å². The van der Waals surface area contributed by atoms with Crippen molar-refractivity contribution in [1.82, 2.24) is 0 Å². The first kappa shape index (κ1) is 16.0. The molecule has 120 valence electrons. The summed E-state index contributed by atoms with van der Waals surface area (Å²) in [6.45, 7) is 3.73. The van der Waals surface area contributed by atoms with Crippen molar-refractivity contribution in [2.45, 2.75) is 12.8 Å². The molecule has 0 amide bonds. The minimum Gasteiger partial charge on any atom is -0.508 e. The van der Waals surface area contributed by atoms with Crippen LogP contribution in [0.4, 0.5) is 4.39 Å². The van der Waals surface area contributed by atoms with E-state index in [4.69, 9.17) is 0 Å². The zero-order valence-corrected chi connectivity index (χ0v) is 13.4. The summed E-state index contributed by atoms with van der Waals surface area (Å²) >= 11 is 0. The number of aryl methyl sites for hydroxylation is 1. The average Bonchev–Trinajstić information content (AvgIpc) is 2.61. The second kappa shape index (κ2) is 7.14. The van der Waals surface area contributed by atoms with Gasteiger partial charge in [0.15, 0.2) is 0 Å². The standard InChI is InChI=1S/C22H19FO/c1-2-3-4-16-5-7-18(8-6-16)21-14-11-19(15-22(21)23)17-9-12-20(24)13-10-17/h2,5-15,24H,1,3-4H2. The zero-order chi connectivity index (χ0) is 16.9. The summed E-state index contributed by atoms with van der Waals surface area (Å²) in [6.07, 6.45) is 3.79. The van der Waals surface area contributed by atoms with Crippen molar-refractivity contribution in [3.05, 3.63) is 90.8 Å². The van der Waals surface area contributed by atoms with Gasteiger partial charge < -0.3 is 5.11 Å². The Labute approximate surface area is 141 Å². The lowest BCUT2D eigenvalue weighted by molar-refractivity contribution is 0.475. The maximum Gasteiger partial charge on any atom is 0.131 e. The molecule has 1 nitrogen and oxygen atoms in total. The highest BCUT2D eigenvalue weighted by molar-refractivity contribution is 5.71. The van der Waals surface area contributed by atoms with Crippen LogP contribution in [0.2, 0.25) is 0 Å². The molecular weight excluding hydrogens is 299 g/mol. The molecule has 0 bridgehead atoms. The second-order valence-electron chi connectivity index (χ2n) is 5.77. The number of hydrogen-bond donors (Lipinski definition) is 1. The van der Waals surface area contributed by atoms with E-state index in [0.717, 1.165) is 29.5 Å². The third-order valence-corrected chi connectivity index (χ3v) is 4.07. The molecule has 1 N–H and O–H groups in total. The van der Waals surface area contributed by atoms with E-state index >= 15 is 0 Å². The summed E-state index contributed by atoms with van der Waals surface area (Å²) in [6, 6.07) is 20.0. The van der Waals surface area contributed by atoms with E-state index in [2.05, 4.69) is 6.58 Å². The molecule has 0 radical (unpaired) electrons. The predicted octanol–water partition coefficient (Wildman–Crippen LogP) is 5.98. The fourth-order valence-corrected chi connectivity index (χ4v) is 2.70. The van der Waals surface area contributed by atoms with Gasteiger partial charge in [0.2, 0.25) is 0 Å². The van der Waals surface area contributed by atoms with Crippen molar-refractivity contribution in [3.63, 3.8) is 0 Å². The first-order chi connectivity index (χ1) is 11.7. The number of phenolic OH excluding ortho intramolecular Hbond substituents is 1. The highest BCUT2D eigenvalue weighted by Gasteiger charge is 2.08. The molecule has 0 spiro atoms. The maximum atomic E-state index is 14.5. The fraction of sp³-hybridized carbons (Fsp3) is 0.0909. The lowest BCUT2D eigenvalue weighted by Crippen LogP contribution is -1.88. The summed E-state index contributed by atoms with van der Waals surface area (Å²) in [7, 11) is 0.